The van der Waals surface area contributed by atoms with Crippen LogP contribution in [0.25, 0.3) is 22.5 Å². The summed E-state index contributed by atoms with van der Waals surface area (Å²) >= 11 is 0. The van der Waals surface area contributed by atoms with Gasteiger partial charge in [0.2, 0.25) is 5.91 Å². The molecular formula is C28H35N7O6S. The molecule has 1 aliphatic carbocycles. The number of hydroxylamine groups is 1. The number of nitrogen functional groups attached to an aromatic ring is 1. The summed E-state index contributed by atoms with van der Waals surface area (Å²) in [5.41, 5.74) is 12.1. The van der Waals surface area contributed by atoms with Gasteiger partial charge in [-0.1, -0.05) is 18.2 Å². The van der Waals surface area contributed by atoms with Crippen molar-refractivity contribution >= 4 is 27.2 Å². The summed E-state index contributed by atoms with van der Waals surface area (Å²) in [4.78, 5) is 22.9. The minimum Gasteiger partial charge on any atom is -0.382 e. The molecule has 14 heteroatoms. The Morgan fingerprint density at radius 2 is 1.88 bits per heavy atom. The third kappa shape index (κ3) is 6.16. The van der Waals surface area contributed by atoms with E-state index in [2.05, 4.69) is 15.7 Å². The number of hydrogen-bond donors (Lipinski definition) is 2. The Balaban J connectivity index is 1.38. The predicted molar refractivity (Wildman–Crippen MR) is 154 cm³/mol. The van der Waals surface area contributed by atoms with Crippen molar-refractivity contribution in [3.05, 3.63) is 54.6 Å². The van der Waals surface area contributed by atoms with Crippen molar-refractivity contribution in [3.63, 3.8) is 0 Å². The quantitative estimate of drug-likeness (QED) is 0.194. The number of carbonyl (C=O) groups excluding carboxylic acids is 1. The number of nitrogens with one attached hydrogen (secondary N) is 1. The van der Waals surface area contributed by atoms with Crippen LogP contribution >= 0.6 is 0 Å². The van der Waals surface area contributed by atoms with Gasteiger partial charge in [-0.05, 0) is 44.7 Å². The zero-order valence-corrected chi connectivity index (χ0v) is 24.6. The van der Waals surface area contributed by atoms with E-state index in [9.17, 15) is 13.2 Å². The molecule has 3 aromatic heterocycles. The smallest absolute Gasteiger partial charge is 0.246 e. The van der Waals surface area contributed by atoms with E-state index in [0.717, 1.165) is 17.5 Å². The monoisotopic (exact) mass is 597 g/mol. The fourth-order valence-corrected chi connectivity index (χ4v) is 6.38. The topological polar surface area (TPSA) is 165 Å². The summed E-state index contributed by atoms with van der Waals surface area (Å²) in [6, 6.07) is 9.68. The van der Waals surface area contributed by atoms with Crippen LogP contribution in [0.1, 0.15) is 44.2 Å². The van der Waals surface area contributed by atoms with Gasteiger partial charge in [-0.2, -0.15) is 14.7 Å². The molecule has 0 aliphatic heterocycles. The van der Waals surface area contributed by atoms with Crippen LogP contribution in [0.3, 0.4) is 0 Å². The summed E-state index contributed by atoms with van der Waals surface area (Å²) in [5.74, 6) is -0.724. The molecule has 4 aromatic rings. The molecule has 0 saturated heterocycles. The molecule has 5 rings (SSSR count). The van der Waals surface area contributed by atoms with Gasteiger partial charge in [0.15, 0.2) is 21.8 Å². The number of benzene rings is 1. The van der Waals surface area contributed by atoms with Crippen LogP contribution in [0.2, 0.25) is 0 Å². The van der Waals surface area contributed by atoms with Crippen molar-refractivity contribution in [2.45, 2.75) is 49.7 Å². The first-order chi connectivity index (χ1) is 20.2. The molecule has 1 atom stereocenters. The second kappa shape index (κ2) is 12.6. The second-order valence-electron chi connectivity index (χ2n) is 10.2. The molecule has 1 aliphatic rings. The summed E-state index contributed by atoms with van der Waals surface area (Å²) in [6.45, 7) is 2.36. The minimum absolute atomic E-state index is 0.00876. The zero-order valence-electron chi connectivity index (χ0n) is 23.8. The number of methoxy groups -OCH3 is 1. The highest BCUT2D eigenvalue weighted by molar-refractivity contribution is 7.91. The molecule has 224 valence electrons. The molecule has 0 spiro atoms. The van der Waals surface area contributed by atoms with Crippen LogP contribution in [0.15, 0.2) is 53.8 Å². The number of nitrogens with zero attached hydrogens (tertiary/aromatic N) is 5. The molecule has 13 nitrogen and oxygen atoms in total. The zero-order chi connectivity index (χ0) is 29.9. The van der Waals surface area contributed by atoms with Gasteiger partial charge < -0.3 is 15.2 Å². The molecule has 1 unspecified atom stereocenters. The molecular weight excluding hydrogens is 562 g/mol. The third-order valence-electron chi connectivity index (χ3n) is 7.44. The number of aromatic nitrogens is 5. The van der Waals surface area contributed by atoms with Crippen LogP contribution in [-0.4, -0.2) is 71.6 Å². The van der Waals surface area contributed by atoms with E-state index in [1.165, 1.54) is 11.6 Å². The van der Waals surface area contributed by atoms with Crippen molar-refractivity contribution in [3.8, 4) is 16.8 Å². The van der Waals surface area contributed by atoms with Gasteiger partial charge in [-0.15, -0.1) is 0 Å². The number of nitrogens with two attached hydrogens (primary N) is 1. The largest absolute Gasteiger partial charge is 0.382 e. The summed E-state index contributed by atoms with van der Waals surface area (Å²) in [6.07, 6.45) is 7.91. The van der Waals surface area contributed by atoms with Crippen molar-refractivity contribution in [2.75, 3.05) is 32.3 Å². The number of para-hydroxylation sites is 1. The fraction of sp³-hybridized carbons (Fsp3) is 0.429. The maximum absolute atomic E-state index is 12.9. The van der Waals surface area contributed by atoms with E-state index in [4.69, 9.17) is 25.0 Å². The number of hydrogen-bond acceptors (Lipinski definition) is 10. The maximum Gasteiger partial charge on any atom is 0.246 e. The molecule has 1 fully saturated rings. The van der Waals surface area contributed by atoms with Crippen LogP contribution in [-0.2, 0) is 28.9 Å². The highest BCUT2D eigenvalue weighted by atomic mass is 32.2. The van der Waals surface area contributed by atoms with Gasteiger partial charge >= 0.3 is 0 Å². The first-order valence-electron chi connectivity index (χ1n) is 13.7. The third-order valence-corrected chi connectivity index (χ3v) is 8.60. The first kappa shape index (κ1) is 29.6. The molecule has 3 N–H and O–H groups in total. The van der Waals surface area contributed by atoms with Gasteiger partial charge in [-0.3, -0.25) is 9.63 Å². The van der Waals surface area contributed by atoms with E-state index in [0.29, 0.717) is 49.2 Å². The highest BCUT2D eigenvalue weighted by Gasteiger charge is 2.33. The minimum atomic E-state index is -3.74. The summed E-state index contributed by atoms with van der Waals surface area (Å²) < 4.78 is 39.5. The van der Waals surface area contributed by atoms with Crippen molar-refractivity contribution in [2.24, 2.45) is 5.92 Å². The van der Waals surface area contributed by atoms with Crippen molar-refractivity contribution in [1.82, 2.24) is 29.9 Å². The van der Waals surface area contributed by atoms with Crippen LogP contribution < -0.4 is 11.2 Å². The molecule has 0 radical (unpaired) electrons. The molecule has 1 amide bonds. The fourth-order valence-electron chi connectivity index (χ4n) is 5.33. The number of fused-ring (bicyclic) bond motifs is 1. The van der Waals surface area contributed by atoms with Gasteiger partial charge in [-0.25, -0.2) is 23.6 Å². The standard InChI is InChI=1S/C28H35N7O6S/c1-4-40-23(39-2)17-41-33-28(36)19-12-10-18(11-13-19)24-25(42(3,37)38)26(29)35-27(32-24)22(15-31-35)20-14-30-34(16-20)21-8-6-5-7-9-21/h5-9,14-16,18-19,23H,4,10-13,17,29H2,1-3H3,(H,33,36). The highest BCUT2D eigenvalue weighted by Crippen LogP contribution is 2.40. The Hall–Kier alpha value is -3.85. The lowest BCUT2D eigenvalue weighted by atomic mass is 9.80. The number of ether oxygens (including phenoxy) is 2. The lowest BCUT2D eigenvalue weighted by molar-refractivity contribution is -0.175. The Bertz CT molecular complexity index is 1650. The number of amides is 1. The lowest BCUT2D eigenvalue weighted by Gasteiger charge is -2.28. The summed E-state index contributed by atoms with van der Waals surface area (Å²) in [7, 11) is -2.24. The number of carbonyl (C=O) groups is 1. The second-order valence-corrected chi connectivity index (χ2v) is 12.2. The van der Waals surface area contributed by atoms with Gasteiger partial charge in [0, 0.05) is 49.1 Å². The van der Waals surface area contributed by atoms with Crippen molar-refractivity contribution in [1.29, 1.82) is 0 Å². The number of sulfone groups is 1. The van der Waals surface area contributed by atoms with Crippen LogP contribution in [0, 0.1) is 5.92 Å². The van der Waals surface area contributed by atoms with E-state index < -0.39 is 16.1 Å². The molecule has 1 saturated carbocycles. The molecule has 3 heterocycles. The van der Waals surface area contributed by atoms with Gasteiger partial charge in [0.1, 0.15) is 17.3 Å². The molecule has 0 bridgehead atoms. The van der Waals surface area contributed by atoms with Gasteiger partial charge in [0.05, 0.1) is 23.8 Å². The Morgan fingerprint density at radius 3 is 2.55 bits per heavy atom. The van der Waals surface area contributed by atoms with Crippen LogP contribution in [0.4, 0.5) is 5.82 Å². The average Bonchev–Trinajstić information content (AvgIpc) is 3.64. The average molecular weight is 598 g/mol. The van der Waals surface area contributed by atoms with Crippen LogP contribution in [0.5, 0.6) is 0 Å². The van der Waals surface area contributed by atoms with E-state index in [-0.39, 0.29) is 35.1 Å². The van der Waals surface area contributed by atoms with E-state index >= 15 is 0 Å². The lowest BCUT2D eigenvalue weighted by Crippen LogP contribution is -2.36. The Labute approximate surface area is 243 Å². The SMILES string of the molecule is CCOC(CONC(=O)C1CCC(c2nc3c(-c4cnn(-c5ccccc5)c4)cnn3c(N)c2S(C)(=O)=O)CC1)OC. The van der Waals surface area contributed by atoms with E-state index in [1.54, 1.807) is 17.1 Å². The first-order valence-corrected chi connectivity index (χ1v) is 15.6. The Kier molecular flexibility index (Phi) is 8.87. The predicted octanol–water partition coefficient (Wildman–Crippen LogP) is 2.90. The Morgan fingerprint density at radius 1 is 1.14 bits per heavy atom. The molecule has 1 aromatic carbocycles. The number of rotatable bonds is 11. The number of anilines is 1. The van der Waals surface area contributed by atoms with Crippen molar-refractivity contribution < 1.29 is 27.5 Å². The molecule has 42 heavy (non-hydrogen) atoms. The maximum atomic E-state index is 12.9. The van der Waals surface area contributed by atoms with Gasteiger partial charge in [0.25, 0.3) is 0 Å². The van der Waals surface area contributed by atoms with E-state index in [1.807, 2.05) is 43.5 Å². The normalized spacial score (nSPS) is 18.3. The summed E-state index contributed by atoms with van der Waals surface area (Å²) in [5, 5.41) is 8.85.